The molecule has 0 aromatic heterocycles. The van der Waals surface area contributed by atoms with E-state index in [9.17, 15) is 0 Å². The second kappa shape index (κ2) is 5.49. The molecule has 1 nitrogen and oxygen atoms in total. The first-order valence-electron chi connectivity index (χ1n) is 5.43. The van der Waals surface area contributed by atoms with E-state index in [4.69, 9.17) is 0 Å². The first-order chi connectivity index (χ1) is 7.40. The summed E-state index contributed by atoms with van der Waals surface area (Å²) >= 11 is 2.09. The van der Waals surface area contributed by atoms with Crippen LogP contribution in [0.15, 0.2) is 27.6 Å². The topological polar surface area (TPSA) is 12.4 Å². The molecular weight excluding hydrogens is 255 g/mol. The number of hydrogen-bond donors (Lipinski definition) is 0. The van der Waals surface area contributed by atoms with Crippen LogP contribution in [-0.2, 0) is 0 Å². The third kappa shape index (κ3) is 3.64. The molecular formula is C14H18GeN. The zero-order valence-corrected chi connectivity index (χ0v) is 12.8. The summed E-state index contributed by atoms with van der Waals surface area (Å²) in [4.78, 5) is 4.68. The van der Waals surface area contributed by atoms with E-state index >= 15 is 0 Å². The third-order valence-corrected chi connectivity index (χ3v) is 2.65. The van der Waals surface area contributed by atoms with Crippen molar-refractivity contribution in [1.82, 2.24) is 0 Å². The molecule has 1 aromatic carbocycles. The van der Waals surface area contributed by atoms with Crippen LogP contribution < -0.4 is 0 Å². The van der Waals surface area contributed by atoms with Gasteiger partial charge in [-0.25, -0.2) is 0 Å². The van der Waals surface area contributed by atoms with Crippen LogP contribution in [0.4, 0.5) is 5.69 Å². The third-order valence-electron chi connectivity index (χ3n) is 2.35. The molecule has 0 aliphatic heterocycles. The second-order valence-corrected chi connectivity index (χ2v) is 5.98. The molecule has 0 aliphatic carbocycles. The second-order valence-electron chi connectivity index (χ2n) is 4.33. The van der Waals surface area contributed by atoms with Gasteiger partial charge in [-0.1, -0.05) is 0 Å². The number of aryl methyl sites for hydroxylation is 3. The summed E-state index contributed by atoms with van der Waals surface area (Å²) in [6, 6.07) is 4.36. The summed E-state index contributed by atoms with van der Waals surface area (Å²) in [7, 11) is 0. The Balaban J connectivity index is 3.20. The van der Waals surface area contributed by atoms with Crippen molar-refractivity contribution in [3.63, 3.8) is 0 Å². The van der Waals surface area contributed by atoms with Crippen LogP contribution in [0.5, 0.6) is 0 Å². The van der Waals surface area contributed by atoms with E-state index in [2.05, 4.69) is 67.4 Å². The summed E-state index contributed by atoms with van der Waals surface area (Å²) in [5.74, 6) is 0. The van der Waals surface area contributed by atoms with Gasteiger partial charge in [-0.15, -0.1) is 0 Å². The number of nitrogens with zero attached hydrogens (tertiary/aromatic N) is 1. The van der Waals surface area contributed by atoms with Gasteiger partial charge in [-0.05, 0) is 0 Å². The predicted molar refractivity (Wildman–Crippen MR) is 72.9 cm³/mol. The molecule has 1 aromatic rings. The Morgan fingerprint density at radius 1 is 1.12 bits per heavy atom. The molecule has 0 N–H and O–H groups in total. The van der Waals surface area contributed by atoms with Crippen molar-refractivity contribution in [2.75, 3.05) is 0 Å². The van der Waals surface area contributed by atoms with Crippen LogP contribution in [-0.4, -0.2) is 22.2 Å². The first-order valence-corrected chi connectivity index (χ1v) is 6.48. The van der Waals surface area contributed by atoms with Gasteiger partial charge in [0.15, 0.2) is 0 Å². The van der Waals surface area contributed by atoms with E-state index in [1.807, 2.05) is 6.92 Å². The molecule has 16 heavy (non-hydrogen) atoms. The minimum atomic E-state index is 1.06. The van der Waals surface area contributed by atoms with Crippen molar-refractivity contribution < 1.29 is 0 Å². The standard InChI is InChI=1S/C14H18GeN/c1-9-6-10(2)14(11(3)7-9)16-13(5)8-12(4)15/h6-8H,1-5H3/b12-8-,16-13?. The molecule has 0 aliphatic rings. The molecule has 0 amide bonds. The van der Waals surface area contributed by atoms with Gasteiger partial charge in [0, 0.05) is 0 Å². The molecule has 83 valence electrons. The summed E-state index contributed by atoms with van der Waals surface area (Å²) in [5.41, 5.74) is 5.97. The van der Waals surface area contributed by atoms with Gasteiger partial charge in [0.05, 0.1) is 0 Å². The minimum absolute atomic E-state index is 1.06. The molecule has 0 heterocycles. The average Bonchev–Trinajstić information content (AvgIpc) is 2.09. The van der Waals surface area contributed by atoms with Crippen LogP contribution >= 0.6 is 0 Å². The Labute approximate surface area is 107 Å². The normalized spacial score (nSPS) is 13.1. The van der Waals surface area contributed by atoms with Crippen molar-refractivity contribution in [2.45, 2.75) is 34.6 Å². The summed E-state index contributed by atoms with van der Waals surface area (Å²) in [5, 5.41) is 0. The van der Waals surface area contributed by atoms with Crippen LogP contribution in [0.3, 0.4) is 0 Å². The average molecular weight is 273 g/mol. The van der Waals surface area contributed by atoms with E-state index in [0.29, 0.717) is 0 Å². The van der Waals surface area contributed by atoms with Gasteiger partial charge in [0.2, 0.25) is 0 Å². The fraction of sp³-hybridized carbons (Fsp3) is 0.357. The van der Waals surface area contributed by atoms with Crippen molar-refractivity contribution in [1.29, 1.82) is 0 Å². The molecule has 0 fully saturated rings. The van der Waals surface area contributed by atoms with Gasteiger partial charge >= 0.3 is 107 Å². The van der Waals surface area contributed by atoms with E-state index < -0.39 is 0 Å². The van der Waals surface area contributed by atoms with E-state index in [-0.39, 0.29) is 0 Å². The predicted octanol–water partition coefficient (Wildman–Crippen LogP) is 3.78. The van der Waals surface area contributed by atoms with Gasteiger partial charge in [0.1, 0.15) is 0 Å². The molecule has 2 heteroatoms. The number of aliphatic imine (C=N–C) groups is 1. The molecule has 0 atom stereocenters. The number of rotatable bonds is 2. The zero-order valence-electron chi connectivity index (χ0n) is 10.7. The van der Waals surface area contributed by atoms with Gasteiger partial charge in [-0.2, -0.15) is 0 Å². The summed E-state index contributed by atoms with van der Waals surface area (Å²) in [6.07, 6.45) is 2.11. The summed E-state index contributed by atoms with van der Waals surface area (Å²) < 4.78 is 1.28. The Morgan fingerprint density at radius 2 is 1.62 bits per heavy atom. The zero-order chi connectivity index (χ0) is 12.3. The monoisotopic (exact) mass is 274 g/mol. The van der Waals surface area contributed by atoms with Crippen molar-refractivity contribution >= 4 is 27.9 Å². The van der Waals surface area contributed by atoms with Gasteiger partial charge < -0.3 is 0 Å². The molecule has 0 saturated carbocycles. The Hall–Kier alpha value is -0.827. The fourth-order valence-corrected chi connectivity index (χ4v) is 2.31. The fourth-order valence-electron chi connectivity index (χ4n) is 1.87. The molecule has 1 rings (SSSR count). The van der Waals surface area contributed by atoms with Gasteiger partial charge in [-0.3, -0.25) is 0 Å². The van der Waals surface area contributed by atoms with Crippen molar-refractivity contribution in [3.8, 4) is 0 Å². The molecule has 0 bridgehead atoms. The molecule has 0 saturated heterocycles. The first kappa shape index (κ1) is 13.2. The molecule has 0 spiro atoms. The number of hydrogen-bond acceptors (Lipinski definition) is 1. The van der Waals surface area contributed by atoms with Crippen LogP contribution in [0.25, 0.3) is 0 Å². The van der Waals surface area contributed by atoms with Crippen molar-refractivity contribution in [2.24, 2.45) is 4.99 Å². The number of benzene rings is 1. The maximum absolute atomic E-state index is 4.68. The Kier molecular flexibility index (Phi) is 4.54. The van der Waals surface area contributed by atoms with Crippen LogP contribution in [0.1, 0.15) is 30.5 Å². The van der Waals surface area contributed by atoms with Crippen LogP contribution in [0.2, 0.25) is 0 Å². The van der Waals surface area contributed by atoms with Crippen molar-refractivity contribution in [3.05, 3.63) is 39.3 Å². The molecule has 3 radical (unpaired) electrons. The maximum atomic E-state index is 4.68. The Bertz CT molecular complexity index is 429. The Morgan fingerprint density at radius 3 is 2.06 bits per heavy atom. The van der Waals surface area contributed by atoms with E-state index in [0.717, 1.165) is 11.4 Å². The van der Waals surface area contributed by atoms with E-state index in [1.54, 1.807) is 0 Å². The van der Waals surface area contributed by atoms with Crippen LogP contribution in [0, 0.1) is 20.8 Å². The number of allylic oxidation sites excluding steroid dienone is 2. The quantitative estimate of drug-likeness (QED) is 0.574. The molecule has 0 unspecified atom stereocenters. The van der Waals surface area contributed by atoms with Gasteiger partial charge in [0.25, 0.3) is 0 Å². The SMILES string of the molecule is CC(/C=[C](/C)[Ge])=Nc1c(C)cc(C)cc1C. The van der Waals surface area contributed by atoms with E-state index in [1.165, 1.54) is 21.1 Å². The summed E-state index contributed by atoms with van der Waals surface area (Å²) in [6.45, 7) is 10.5.